The van der Waals surface area contributed by atoms with Crippen LogP contribution in [-0.2, 0) is 6.54 Å². The van der Waals surface area contributed by atoms with Gasteiger partial charge in [-0.25, -0.2) is 0 Å². The molecule has 5 nitrogen and oxygen atoms in total. The molecule has 0 spiro atoms. The van der Waals surface area contributed by atoms with E-state index in [4.69, 9.17) is 9.63 Å². The molecule has 5 heteroatoms. The molecule has 1 N–H and O–H groups in total. The Balaban J connectivity index is 2.55. The molecule has 0 saturated carbocycles. The molecule has 0 aliphatic heterocycles. The van der Waals surface area contributed by atoms with Crippen LogP contribution in [-0.4, -0.2) is 39.8 Å². The second-order valence-corrected chi connectivity index (χ2v) is 4.20. The third kappa shape index (κ3) is 3.90. The van der Waals surface area contributed by atoms with Crippen LogP contribution in [0.3, 0.4) is 0 Å². The standard InChI is InChI=1S/C11H21N3O2/c1-4-5-14(6-7-15)8-10-12-11(9(2)3)16-13-10/h9,15H,4-8H2,1-3H3. The lowest BCUT2D eigenvalue weighted by Crippen LogP contribution is -2.27. The summed E-state index contributed by atoms with van der Waals surface area (Å²) >= 11 is 0. The molecule has 0 aromatic carbocycles. The van der Waals surface area contributed by atoms with E-state index in [1.165, 1.54) is 0 Å². The minimum absolute atomic E-state index is 0.162. The Morgan fingerprint density at radius 3 is 2.62 bits per heavy atom. The molecule has 16 heavy (non-hydrogen) atoms. The summed E-state index contributed by atoms with van der Waals surface area (Å²) < 4.78 is 5.13. The lowest BCUT2D eigenvalue weighted by Gasteiger charge is -2.17. The fraction of sp³-hybridized carbons (Fsp3) is 0.818. The van der Waals surface area contributed by atoms with Crippen molar-refractivity contribution in [3.8, 4) is 0 Å². The molecule has 1 heterocycles. The fourth-order valence-electron chi connectivity index (χ4n) is 1.49. The molecule has 0 atom stereocenters. The number of aliphatic hydroxyl groups excluding tert-OH is 1. The van der Waals surface area contributed by atoms with Gasteiger partial charge in [0.15, 0.2) is 5.82 Å². The van der Waals surface area contributed by atoms with E-state index in [0.29, 0.717) is 24.8 Å². The van der Waals surface area contributed by atoms with E-state index in [-0.39, 0.29) is 12.5 Å². The van der Waals surface area contributed by atoms with E-state index in [1.54, 1.807) is 0 Å². The van der Waals surface area contributed by atoms with Crippen LogP contribution in [0.5, 0.6) is 0 Å². The molecular weight excluding hydrogens is 206 g/mol. The third-order valence-electron chi connectivity index (χ3n) is 2.30. The second kappa shape index (κ2) is 6.60. The maximum atomic E-state index is 8.93. The van der Waals surface area contributed by atoms with E-state index < -0.39 is 0 Å². The van der Waals surface area contributed by atoms with Crippen molar-refractivity contribution in [2.45, 2.75) is 39.7 Å². The number of aliphatic hydroxyl groups is 1. The molecule has 0 amide bonds. The maximum Gasteiger partial charge on any atom is 0.229 e. The minimum Gasteiger partial charge on any atom is -0.395 e. The summed E-state index contributed by atoms with van der Waals surface area (Å²) in [6.45, 7) is 8.55. The highest BCUT2D eigenvalue weighted by molar-refractivity contribution is 4.90. The molecule has 1 aromatic heterocycles. The first kappa shape index (κ1) is 13.1. The third-order valence-corrected chi connectivity index (χ3v) is 2.30. The average molecular weight is 227 g/mol. The summed E-state index contributed by atoms with van der Waals surface area (Å²) in [6.07, 6.45) is 1.05. The van der Waals surface area contributed by atoms with E-state index in [0.717, 1.165) is 13.0 Å². The number of nitrogens with zero attached hydrogens (tertiary/aromatic N) is 3. The molecular formula is C11H21N3O2. The van der Waals surface area contributed by atoms with Crippen molar-refractivity contribution in [3.63, 3.8) is 0 Å². The van der Waals surface area contributed by atoms with Gasteiger partial charge in [0.1, 0.15) is 0 Å². The first-order valence-corrected chi connectivity index (χ1v) is 5.83. The topological polar surface area (TPSA) is 62.4 Å². The van der Waals surface area contributed by atoms with Gasteiger partial charge in [-0.05, 0) is 13.0 Å². The minimum atomic E-state index is 0.162. The van der Waals surface area contributed by atoms with Gasteiger partial charge in [-0.3, -0.25) is 4.90 Å². The highest BCUT2D eigenvalue weighted by Gasteiger charge is 2.12. The van der Waals surface area contributed by atoms with Crippen molar-refractivity contribution in [2.75, 3.05) is 19.7 Å². The van der Waals surface area contributed by atoms with Crippen LogP contribution < -0.4 is 0 Å². The molecule has 92 valence electrons. The van der Waals surface area contributed by atoms with Crippen LogP contribution in [0.1, 0.15) is 44.8 Å². The van der Waals surface area contributed by atoms with E-state index in [9.17, 15) is 0 Å². The zero-order valence-corrected chi connectivity index (χ0v) is 10.3. The summed E-state index contributed by atoms with van der Waals surface area (Å²) in [6, 6.07) is 0. The Hall–Kier alpha value is -0.940. The van der Waals surface area contributed by atoms with Gasteiger partial charge < -0.3 is 9.63 Å². The normalized spacial score (nSPS) is 11.6. The van der Waals surface area contributed by atoms with Gasteiger partial charge in [0, 0.05) is 12.5 Å². The smallest absolute Gasteiger partial charge is 0.229 e. The number of hydrogen-bond donors (Lipinski definition) is 1. The zero-order chi connectivity index (χ0) is 12.0. The number of rotatable bonds is 7. The predicted octanol–water partition coefficient (Wildman–Crippen LogP) is 1.40. The van der Waals surface area contributed by atoms with Gasteiger partial charge in [0.25, 0.3) is 0 Å². The van der Waals surface area contributed by atoms with E-state index >= 15 is 0 Å². The molecule has 0 fully saturated rings. The highest BCUT2D eigenvalue weighted by Crippen LogP contribution is 2.11. The average Bonchev–Trinajstić information content (AvgIpc) is 2.67. The van der Waals surface area contributed by atoms with Crippen LogP contribution in [0.25, 0.3) is 0 Å². The van der Waals surface area contributed by atoms with Gasteiger partial charge in [0.05, 0.1) is 13.2 Å². The Labute approximate surface area is 96.5 Å². The molecule has 0 aliphatic carbocycles. The van der Waals surface area contributed by atoms with Crippen molar-refractivity contribution in [2.24, 2.45) is 0 Å². The summed E-state index contributed by atoms with van der Waals surface area (Å²) in [7, 11) is 0. The summed E-state index contributed by atoms with van der Waals surface area (Å²) in [4.78, 5) is 6.43. The van der Waals surface area contributed by atoms with Crippen molar-refractivity contribution < 1.29 is 9.63 Å². The van der Waals surface area contributed by atoms with Gasteiger partial charge in [-0.1, -0.05) is 25.9 Å². The molecule has 0 aliphatic rings. The summed E-state index contributed by atoms with van der Waals surface area (Å²) in [5.74, 6) is 1.64. The molecule has 0 saturated heterocycles. The fourth-order valence-corrected chi connectivity index (χ4v) is 1.49. The largest absolute Gasteiger partial charge is 0.395 e. The van der Waals surface area contributed by atoms with Gasteiger partial charge in [-0.15, -0.1) is 0 Å². The van der Waals surface area contributed by atoms with Crippen LogP contribution in [0.4, 0.5) is 0 Å². The lowest BCUT2D eigenvalue weighted by atomic mass is 10.2. The van der Waals surface area contributed by atoms with Gasteiger partial charge in [0.2, 0.25) is 5.89 Å². The SMILES string of the molecule is CCCN(CCO)Cc1noc(C(C)C)n1. The Bertz CT molecular complexity index is 293. The lowest BCUT2D eigenvalue weighted by molar-refractivity contribution is 0.186. The quantitative estimate of drug-likeness (QED) is 0.762. The van der Waals surface area contributed by atoms with E-state index in [2.05, 4.69) is 22.0 Å². The predicted molar refractivity (Wildman–Crippen MR) is 61.0 cm³/mol. The van der Waals surface area contributed by atoms with E-state index in [1.807, 2.05) is 13.8 Å². The summed E-state index contributed by atoms with van der Waals surface area (Å²) in [5.41, 5.74) is 0. The Kier molecular flexibility index (Phi) is 5.42. The zero-order valence-electron chi connectivity index (χ0n) is 10.3. The van der Waals surface area contributed by atoms with Crippen molar-refractivity contribution in [3.05, 3.63) is 11.7 Å². The van der Waals surface area contributed by atoms with Crippen LogP contribution >= 0.6 is 0 Å². The maximum absolute atomic E-state index is 8.93. The van der Waals surface area contributed by atoms with Crippen LogP contribution in [0, 0.1) is 0 Å². The molecule has 0 bridgehead atoms. The Morgan fingerprint density at radius 1 is 1.38 bits per heavy atom. The van der Waals surface area contributed by atoms with Crippen LogP contribution in [0.15, 0.2) is 4.52 Å². The molecule has 0 radical (unpaired) electrons. The van der Waals surface area contributed by atoms with Crippen molar-refractivity contribution in [1.82, 2.24) is 15.0 Å². The second-order valence-electron chi connectivity index (χ2n) is 4.20. The van der Waals surface area contributed by atoms with Gasteiger partial charge >= 0.3 is 0 Å². The highest BCUT2D eigenvalue weighted by atomic mass is 16.5. The number of hydrogen-bond acceptors (Lipinski definition) is 5. The van der Waals surface area contributed by atoms with Crippen molar-refractivity contribution in [1.29, 1.82) is 0 Å². The first-order chi connectivity index (χ1) is 7.67. The van der Waals surface area contributed by atoms with Crippen molar-refractivity contribution >= 4 is 0 Å². The molecule has 1 aromatic rings. The summed E-state index contributed by atoms with van der Waals surface area (Å²) in [5, 5.41) is 12.9. The molecule has 1 rings (SSSR count). The Morgan fingerprint density at radius 2 is 2.12 bits per heavy atom. The first-order valence-electron chi connectivity index (χ1n) is 5.83. The van der Waals surface area contributed by atoms with Crippen LogP contribution in [0.2, 0.25) is 0 Å². The van der Waals surface area contributed by atoms with Gasteiger partial charge in [-0.2, -0.15) is 4.98 Å². The monoisotopic (exact) mass is 227 g/mol. The molecule has 0 unspecified atom stereocenters. The number of aromatic nitrogens is 2.